The van der Waals surface area contributed by atoms with Crippen molar-refractivity contribution in [2.24, 2.45) is 17.8 Å². The van der Waals surface area contributed by atoms with Crippen LogP contribution in [0.15, 0.2) is 0 Å². The minimum absolute atomic E-state index is 0.0211. The molecule has 0 unspecified atom stereocenters. The lowest BCUT2D eigenvalue weighted by molar-refractivity contribution is -0.123. The Balaban J connectivity index is 1.37. The molecule has 21 heavy (non-hydrogen) atoms. The van der Waals surface area contributed by atoms with Crippen LogP contribution in [0.1, 0.15) is 38.5 Å². The van der Waals surface area contributed by atoms with Crippen molar-refractivity contribution in [2.45, 2.75) is 38.5 Å². The van der Waals surface area contributed by atoms with E-state index in [0.717, 1.165) is 12.3 Å². The molecule has 2 N–H and O–H groups in total. The van der Waals surface area contributed by atoms with Gasteiger partial charge >= 0.3 is 6.03 Å². The van der Waals surface area contributed by atoms with Crippen molar-refractivity contribution in [3.63, 3.8) is 0 Å². The van der Waals surface area contributed by atoms with Crippen molar-refractivity contribution in [1.29, 1.82) is 0 Å². The van der Waals surface area contributed by atoms with Crippen LogP contribution >= 0.6 is 0 Å². The Morgan fingerprint density at radius 3 is 2.43 bits per heavy atom. The van der Waals surface area contributed by atoms with Crippen LogP contribution in [0.5, 0.6) is 0 Å². The highest BCUT2D eigenvalue weighted by molar-refractivity contribution is 5.84. The fourth-order valence-corrected chi connectivity index (χ4v) is 3.65. The molecule has 0 spiro atoms. The molecular formula is C15H25N3O3. The first-order valence-corrected chi connectivity index (χ1v) is 8.18. The number of urea groups is 1. The summed E-state index contributed by atoms with van der Waals surface area (Å²) in [4.78, 5) is 25.6. The Bertz CT molecular complexity index is 390. The summed E-state index contributed by atoms with van der Waals surface area (Å²) in [5.41, 5.74) is 5.12. The molecule has 1 saturated heterocycles. The van der Waals surface area contributed by atoms with E-state index in [0.29, 0.717) is 32.2 Å². The molecular weight excluding hydrogens is 270 g/mol. The van der Waals surface area contributed by atoms with Gasteiger partial charge in [-0.25, -0.2) is 10.2 Å². The van der Waals surface area contributed by atoms with Gasteiger partial charge in [0.2, 0.25) is 5.91 Å². The van der Waals surface area contributed by atoms with Crippen molar-refractivity contribution >= 4 is 11.9 Å². The van der Waals surface area contributed by atoms with Gasteiger partial charge in [0.25, 0.3) is 0 Å². The highest BCUT2D eigenvalue weighted by Gasteiger charge is 2.47. The predicted octanol–water partition coefficient (Wildman–Crippen LogP) is 1.28. The van der Waals surface area contributed by atoms with Gasteiger partial charge < -0.3 is 9.64 Å². The Morgan fingerprint density at radius 1 is 1.00 bits per heavy atom. The fraction of sp³-hybridized carbons (Fsp3) is 0.867. The van der Waals surface area contributed by atoms with Crippen LogP contribution in [0.25, 0.3) is 0 Å². The molecule has 1 heterocycles. The average Bonchev–Trinajstić information content (AvgIpc) is 3.35. The number of amides is 3. The van der Waals surface area contributed by atoms with Crippen LogP contribution in [0.2, 0.25) is 0 Å². The van der Waals surface area contributed by atoms with E-state index in [4.69, 9.17) is 4.74 Å². The van der Waals surface area contributed by atoms with Crippen LogP contribution in [0.3, 0.4) is 0 Å². The van der Waals surface area contributed by atoms with Gasteiger partial charge in [0.15, 0.2) is 0 Å². The van der Waals surface area contributed by atoms with E-state index in [1.165, 1.54) is 32.1 Å². The molecule has 3 fully saturated rings. The number of morpholine rings is 1. The summed E-state index contributed by atoms with van der Waals surface area (Å²) >= 11 is 0. The zero-order chi connectivity index (χ0) is 14.7. The second-order valence-corrected chi connectivity index (χ2v) is 6.42. The Hall–Kier alpha value is -1.30. The van der Waals surface area contributed by atoms with Crippen molar-refractivity contribution in [3.05, 3.63) is 0 Å². The zero-order valence-corrected chi connectivity index (χ0v) is 12.5. The van der Waals surface area contributed by atoms with Gasteiger partial charge in [-0.3, -0.25) is 10.2 Å². The van der Waals surface area contributed by atoms with Crippen LogP contribution in [-0.2, 0) is 9.53 Å². The maximum Gasteiger partial charge on any atom is 0.336 e. The van der Waals surface area contributed by atoms with E-state index in [-0.39, 0.29) is 17.9 Å². The Morgan fingerprint density at radius 2 is 1.71 bits per heavy atom. The first-order chi connectivity index (χ1) is 10.3. The number of hydrogen-bond acceptors (Lipinski definition) is 3. The molecule has 6 heteroatoms. The van der Waals surface area contributed by atoms with Gasteiger partial charge in [-0.05, 0) is 18.3 Å². The second-order valence-electron chi connectivity index (χ2n) is 6.42. The molecule has 6 nitrogen and oxygen atoms in total. The molecule has 3 rings (SSSR count). The van der Waals surface area contributed by atoms with Gasteiger partial charge in [0, 0.05) is 19.0 Å². The molecule has 0 bridgehead atoms. The fourth-order valence-electron chi connectivity index (χ4n) is 3.65. The topological polar surface area (TPSA) is 70.7 Å². The van der Waals surface area contributed by atoms with E-state index in [1.807, 2.05) is 0 Å². The third kappa shape index (κ3) is 3.67. The number of hydrogen-bond donors (Lipinski definition) is 2. The summed E-state index contributed by atoms with van der Waals surface area (Å²) in [7, 11) is 0. The largest absolute Gasteiger partial charge is 0.378 e. The molecule has 0 aromatic heterocycles. The van der Waals surface area contributed by atoms with E-state index >= 15 is 0 Å². The van der Waals surface area contributed by atoms with Gasteiger partial charge in [-0.15, -0.1) is 0 Å². The maximum absolute atomic E-state index is 12.1. The monoisotopic (exact) mass is 295 g/mol. The number of carbonyl (C=O) groups is 2. The van der Waals surface area contributed by atoms with E-state index in [2.05, 4.69) is 10.9 Å². The van der Waals surface area contributed by atoms with Gasteiger partial charge in [-0.1, -0.05) is 32.1 Å². The third-order valence-corrected chi connectivity index (χ3v) is 5.02. The third-order valence-electron chi connectivity index (χ3n) is 5.02. The highest BCUT2D eigenvalue weighted by Crippen LogP contribution is 2.49. The van der Waals surface area contributed by atoms with Crippen molar-refractivity contribution in [3.8, 4) is 0 Å². The molecule has 3 aliphatic rings. The molecule has 2 saturated carbocycles. The summed E-state index contributed by atoms with van der Waals surface area (Å²) in [5.74, 6) is 1.36. The summed E-state index contributed by atoms with van der Waals surface area (Å²) < 4.78 is 5.20. The quantitative estimate of drug-likeness (QED) is 0.754. The van der Waals surface area contributed by atoms with E-state index in [9.17, 15) is 9.59 Å². The molecule has 2 atom stereocenters. The number of ether oxygens (including phenoxy) is 1. The lowest BCUT2D eigenvalue weighted by atomic mass is 9.85. The van der Waals surface area contributed by atoms with Gasteiger partial charge in [-0.2, -0.15) is 0 Å². The Kier molecular flexibility index (Phi) is 4.63. The summed E-state index contributed by atoms with van der Waals surface area (Å²) in [6.45, 7) is 2.28. The molecule has 0 aromatic carbocycles. The van der Waals surface area contributed by atoms with Crippen molar-refractivity contribution in [2.75, 3.05) is 26.3 Å². The number of rotatable bonds is 2. The minimum atomic E-state index is -0.235. The Labute approximate surface area is 125 Å². The van der Waals surface area contributed by atoms with E-state index < -0.39 is 0 Å². The SMILES string of the molecule is O=C(NNC(=O)N1CCOCC1)[C@@H]1C[C@H]1C1CCCCC1. The van der Waals surface area contributed by atoms with Crippen LogP contribution in [0.4, 0.5) is 4.79 Å². The predicted molar refractivity (Wildman–Crippen MR) is 77.2 cm³/mol. The summed E-state index contributed by atoms with van der Waals surface area (Å²) in [5, 5.41) is 0. The molecule has 2 aliphatic carbocycles. The number of hydrazine groups is 1. The maximum atomic E-state index is 12.1. The number of nitrogens with zero attached hydrogens (tertiary/aromatic N) is 1. The minimum Gasteiger partial charge on any atom is -0.378 e. The standard InChI is InChI=1S/C15H25N3O3/c19-14(13-10-12(13)11-4-2-1-3-5-11)16-17-15(20)18-6-8-21-9-7-18/h11-13H,1-10H2,(H,16,19)(H,17,20)/t12-,13+/m0/s1. The number of carbonyl (C=O) groups excluding carboxylic acids is 2. The average molecular weight is 295 g/mol. The van der Waals surface area contributed by atoms with Gasteiger partial charge in [0.05, 0.1) is 13.2 Å². The second kappa shape index (κ2) is 6.64. The molecule has 0 aromatic rings. The van der Waals surface area contributed by atoms with Crippen LogP contribution in [-0.4, -0.2) is 43.1 Å². The molecule has 3 amide bonds. The summed E-state index contributed by atoms with van der Waals surface area (Å²) in [6, 6.07) is -0.235. The smallest absolute Gasteiger partial charge is 0.336 e. The summed E-state index contributed by atoms with van der Waals surface area (Å²) in [6.07, 6.45) is 7.50. The zero-order valence-electron chi connectivity index (χ0n) is 12.5. The first-order valence-electron chi connectivity index (χ1n) is 8.18. The molecule has 0 radical (unpaired) electrons. The van der Waals surface area contributed by atoms with Crippen molar-refractivity contribution in [1.82, 2.24) is 15.8 Å². The lowest BCUT2D eigenvalue weighted by Crippen LogP contribution is -2.52. The van der Waals surface area contributed by atoms with E-state index in [1.54, 1.807) is 4.90 Å². The normalized spacial score (nSPS) is 29.8. The highest BCUT2D eigenvalue weighted by atomic mass is 16.5. The number of nitrogens with one attached hydrogen (secondary N) is 2. The lowest BCUT2D eigenvalue weighted by Gasteiger charge is -2.27. The molecule has 1 aliphatic heterocycles. The van der Waals surface area contributed by atoms with Gasteiger partial charge in [0.1, 0.15) is 0 Å². The van der Waals surface area contributed by atoms with Crippen LogP contribution < -0.4 is 10.9 Å². The van der Waals surface area contributed by atoms with Crippen LogP contribution in [0, 0.1) is 17.8 Å². The van der Waals surface area contributed by atoms with Crippen molar-refractivity contribution < 1.29 is 14.3 Å². The molecule has 118 valence electrons. The first kappa shape index (κ1) is 14.6.